The molecule has 1 N–H and O–H groups in total. The van der Waals surface area contributed by atoms with Crippen LogP contribution in [0.4, 0.5) is 18.9 Å². The number of fused-ring (bicyclic) bond motifs is 3. The summed E-state index contributed by atoms with van der Waals surface area (Å²) < 4.78 is 70.4. The molecular formula is C32H30F3N5O4S2. The molecule has 1 aromatic heterocycles. The first-order chi connectivity index (χ1) is 21.6. The predicted molar refractivity (Wildman–Crippen MR) is 173 cm³/mol. The molecule has 0 saturated carbocycles. The number of aromatic nitrogens is 2. The molecular weight excluding hydrogens is 640 g/mol. The predicted octanol–water partition coefficient (Wildman–Crippen LogP) is 6.72. The minimum atomic E-state index is -4.82. The van der Waals surface area contributed by atoms with Crippen molar-refractivity contribution in [3.63, 3.8) is 0 Å². The Morgan fingerprint density at radius 3 is 2.52 bits per heavy atom. The molecule has 0 spiro atoms. The smallest absolute Gasteiger partial charge is 0.406 e. The number of ether oxygens (including phenoxy) is 1. The maximum absolute atomic E-state index is 13.5. The Morgan fingerprint density at radius 2 is 1.83 bits per heavy atom. The average Bonchev–Trinajstić information content (AvgIpc) is 3.46. The van der Waals surface area contributed by atoms with E-state index in [0.29, 0.717) is 44.6 Å². The molecule has 1 saturated heterocycles. The van der Waals surface area contributed by atoms with Crippen molar-refractivity contribution >= 4 is 38.7 Å². The fraction of sp³-hybridized carbons (Fsp3) is 0.281. The van der Waals surface area contributed by atoms with E-state index < -0.39 is 21.9 Å². The van der Waals surface area contributed by atoms with Crippen LogP contribution in [-0.2, 0) is 22.6 Å². The maximum Gasteiger partial charge on any atom is 0.573 e. The van der Waals surface area contributed by atoms with Crippen LogP contribution in [0, 0.1) is 0 Å². The highest BCUT2D eigenvalue weighted by molar-refractivity contribution is 8.14. The van der Waals surface area contributed by atoms with Crippen LogP contribution in [0.1, 0.15) is 43.4 Å². The van der Waals surface area contributed by atoms with Gasteiger partial charge in [-0.2, -0.15) is 10.2 Å². The quantitative estimate of drug-likeness (QED) is 0.180. The van der Waals surface area contributed by atoms with Crippen LogP contribution in [0.2, 0.25) is 0 Å². The van der Waals surface area contributed by atoms with Crippen molar-refractivity contribution in [2.24, 2.45) is 17.3 Å². The van der Waals surface area contributed by atoms with Gasteiger partial charge in [-0.15, -0.1) is 18.3 Å². The number of aliphatic hydroxyl groups is 1. The molecule has 1 fully saturated rings. The molecule has 240 valence electrons. The van der Waals surface area contributed by atoms with Gasteiger partial charge >= 0.3 is 6.36 Å². The number of aryl methyl sites for hydroxylation is 1. The molecule has 14 heteroatoms. The number of alkyl halides is 3. The second kappa shape index (κ2) is 11.6. The topological polar surface area (TPSA) is 109 Å². The van der Waals surface area contributed by atoms with Gasteiger partial charge in [-0.1, -0.05) is 55.9 Å². The zero-order chi connectivity index (χ0) is 33.0. The van der Waals surface area contributed by atoms with E-state index in [0.717, 1.165) is 11.3 Å². The Balaban J connectivity index is 1.31. The largest absolute Gasteiger partial charge is 0.573 e. The molecule has 1 unspecified atom stereocenters. The second-order valence-electron chi connectivity index (χ2n) is 11.6. The van der Waals surface area contributed by atoms with E-state index in [1.165, 1.54) is 53.0 Å². The molecule has 3 aromatic carbocycles. The zero-order valence-electron chi connectivity index (χ0n) is 25.3. The number of nitrogens with zero attached hydrogens (tertiary/aromatic N) is 5. The molecule has 9 nitrogen and oxygen atoms in total. The van der Waals surface area contributed by atoms with Gasteiger partial charge in [0, 0.05) is 35.2 Å². The third-order valence-corrected chi connectivity index (χ3v) is 10.6. The van der Waals surface area contributed by atoms with E-state index in [4.69, 9.17) is 0 Å². The molecule has 2 aliphatic heterocycles. The Bertz CT molecular complexity index is 1990. The third-order valence-electron chi connectivity index (χ3n) is 7.73. The zero-order valence-corrected chi connectivity index (χ0v) is 26.9. The number of benzene rings is 3. The summed E-state index contributed by atoms with van der Waals surface area (Å²) in [4.78, 5) is 1.87. The van der Waals surface area contributed by atoms with Gasteiger partial charge in [-0.25, -0.2) is 8.42 Å². The molecule has 2 aliphatic rings. The van der Waals surface area contributed by atoms with E-state index in [-0.39, 0.29) is 22.3 Å². The van der Waals surface area contributed by atoms with Crippen LogP contribution in [0.5, 0.6) is 5.75 Å². The number of hydrogen-bond donors (Lipinski definition) is 1. The lowest BCUT2D eigenvalue weighted by Gasteiger charge is -2.32. The molecule has 0 radical (unpaired) electrons. The molecule has 4 aromatic rings. The fourth-order valence-corrected chi connectivity index (χ4v) is 8.42. The summed E-state index contributed by atoms with van der Waals surface area (Å²) in [5.41, 5.74) is 3.58. The number of hydrogen-bond acceptors (Lipinski definition) is 8. The molecule has 1 atom stereocenters. The van der Waals surface area contributed by atoms with E-state index >= 15 is 0 Å². The number of halogens is 3. The van der Waals surface area contributed by atoms with Gasteiger partial charge in [0.2, 0.25) is 0 Å². The molecule has 0 aliphatic carbocycles. The average molecular weight is 670 g/mol. The van der Waals surface area contributed by atoms with E-state index in [1.54, 1.807) is 31.0 Å². The van der Waals surface area contributed by atoms with E-state index in [9.17, 15) is 26.7 Å². The van der Waals surface area contributed by atoms with Gasteiger partial charge in [0.15, 0.2) is 20.7 Å². The lowest BCUT2D eigenvalue weighted by molar-refractivity contribution is -0.274. The maximum atomic E-state index is 13.5. The number of sulfone groups is 1. The van der Waals surface area contributed by atoms with Crippen LogP contribution in [0.25, 0.3) is 22.5 Å². The second-order valence-corrected chi connectivity index (χ2v) is 14.5. The van der Waals surface area contributed by atoms with Gasteiger partial charge in [0.05, 0.1) is 28.3 Å². The standard InChI is InChI=1S/C32H30F3N5O4S2/c1-19(2)23-7-5-6-8-26(23)40-30(45-18-31(40,3)41)37-36-16-20-9-14-24-27(15-20)46(42,43)17-25-28(24)38-39(4)29(25)21-10-12-22(13-11-21)44-32(33,34)35/h5-16,19,41H,17-18H2,1-4H3/b36-16-,37-30+. The van der Waals surface area contributed by atoms with E-state index in [2.05, 4.69) is 33.9 Å². The van der Waals surface area contributed by atoms with E-state index in [1.807, 2.05) is 24.3 Å². The number of rotatable bonds is 6. The highest BCUT2D eigenvalue weighted by Crippen LogP contribution is 2.43. The van der Waals surface area contributed by atoms with Gasteiger partial charge in [-0.05, 0) is 60.4 Å². The molecule has 0 amide bonds. The highest BCUT2D eigenvalue weighted by Gasteiger charge is 2.41. The van der Waals surface area contributed by atoms with Gasteiger partial charge in [-0.3, -0.25) is 9.58 Å². The summed E-state index contributed by atoms with van der Waals surface area (Å²) in [7, 11) is -2.16. The lowest BCUT2D eigenvalue weighted by atomic mass is 9.99. The monoisotopic (exact) mass is 669 g/mol. The van der Waals surface area contributed by atoms with Crippen LogP contribution in [0.3, 0.4) is 0 Å². The summed E-state index contributed by atoms with van der Waals surface area (Å²) in [5.74, 6) is -0.105. The minimum absolute atomic E-state index is 0.0980. The molecule has 46 heavy (non-hydrogen) atoms. The first-order valence-corrected chi connectivity index (χ1v) is 16.9. The Morgan fingerprint density at radius 1 is 1.11 bits per heavy atom. The van der Waals surface area contributed by atoms with Crippen molar-refractivity contribution in [1.82, 2.24) is 9.78 Å². The Kier molecular flexibility index (Phi) is 8.02. The molecule has 6 rings (SSSR count). The molecule has 3 heterocycles. The van der Waals surface area contributed by atoms with Crippen LogP contribution >= 0.6 is 11.8 Å². The van der Waals surface area contributed by atoms with Gasteiger partial charge < -0.3 is 9.84 Å². The SMILES string of the molecule is CC(C)c1ccccc1N1/C(=N\N=C/c2ccc3c(c2)S(=O)(=O)Cc2c-3nn(C)c2-c2ccc(OC(F)(F)F)cc2)SCC1(C)O. The van der Waals surface area contributed by atoms with Crippen molar-refractivity contribution in [3.8, 4) is 28.3 Å². The number of amidine groups is 1. The highest BCUT2D eigenvalue weighted by atomic mass is 32.2. The number of thioether (sulfide) groups is 1. The number of para-hydroxylation sites is 1. The fourth-order valence-electron chi connectivity index (χ4n) is 5.73. The van der Waals surface area contributed by atoms with Crippen molar-refractivity contribution in [1.29, 1.82) is 0 Å². The first kappa shape index (κ1) is 31.8. The first-order valence-electron chi connectivity index (χ1n) is 14.3. The summed E-state index contributed by atoms with van der Waals surface area (Å²) in [5, 5.41) is 24.9. The van der Waals surface area contributed by atoms with Crippen LogP contribution < -0.4 is 9.64 Å². The summed E-state index contributed by atoms with van der Waals surface area (Å²) in [6.07, 6.45) is -3.36. The van der Waals surface area contributed by atoms with Gasteiger partial charge in [0.25, 0.3) is 0 Å². The molecule has 0 bridgehead atoms. The van der Waals surface area contributed by atoms with Crippen molar-refractivity contribution in [2.45, 2.75) is 49.4 Å². The summed E-state index contributed by atoms with van der Waals surface area (Å²) in [6, 6.07) is 18.0. The van der Waals surface area contributed by atoms with Crippen molar-refractivity contribution < 1.29 is 31.4 Å². The third kappa shape index (κ3) is 6.04. The summed E-state index contributed by atoms with van der Waals surface area (Å²) >= 11 is 1.38. The normalized spacial score (nSPS) is 20.0. The number of anilines is 1. The van der Waals surface area contributed by atoms with Crippen molar-refractivity contribution in [2.75, 3.05) is 10.7 Å². The summed E-state index contributed by atoms with van der Waals surface area (Å²) in [6.45, 7) is 5.89. The Hall–Kier alpha value is -4.14. The van der Waals surface area contributed by atoms with Crippen LogP contribution in [-0.4, -0.2) is 52.5 Å². The van der Waals surface area contributed by atoms with Crippen LogP contribution in [0.15, 0.2) is 81.8 Å². The van der Waals surface area contributed by atoms with Crippen molar-refractivity contribution in [3.05, 3.63) is 83.4 Å². The van der Waals surface area contributed by atoms with Gasteiger partial charge in [0.1, 0.15) is 5.75 Å². The lowest BCUT2D eigenvalue weighted by Crippen LogP contribution is -2.45. The Labute approximate surface area is 268 Å². The minimum Gasteiger partial charge on any atom is -0.406 e.